The van der Waals surface area contributed by atoms with Crippen LogP contribution in [0.25, 0.3) is 10.1 Å². The van der Waals surface area contributed by atoms with Gasteiger partial charge in [0.05, 0.1) is 9.72 Å². The summed E-state index contributed by atoms with van der Waals surface area (Å²) >= 11 is 7.78. The molecule has 0 unspecified atom stereocenters. The Morgan fingerprint density at radius 1 is 1.50 bits per heavy atom. The van der Waals surface area contributed by atoms with Crippen LogP contribution in [0, 0.1) is 0 Å². The number of carbonyl (C=O) groups is 1. The van der Waals surface area contributed by atoms with Crippen molar-refractivity contribution in [1.29, 1.82) is 0 Å². The summed E-state index contributed by atoms with van der Waals surface area (Å²) in [5, 5.41) is 7.16. The highest BCUT2D eigenvalue weighted by Crippen LogP contribution is 2.34. The Morgan fingerprint density at radius 2 is 2.29 bits per heavy atom. The maximum absolute atomic E-state index is 12.3. The molecule has 2 aromatic rings. The summed E-state index contributed by atoms with van der Waals surface area (Å²) in [5.41, 5.74) is -0.474. The third-order valence-electron chi connectivity index (χ3n) is 3.86. The number of ether oxygens (including phenoxy) is 1. The molecule has 1 atom stereocenters. The number of amides is 1. The number of nitrogens with zero attached hydrogens (tertiary/aromatic N) is 2. The maximum Gasteiger partial charge on any atom is 0.410 e. The first-order chi connectivity index (χ1) is 11.3. The van der Waals surface area contributed by atoms with Crippen LogP contribution in [0.3, 0.4) is 0 Å². The van der Waals surface area contributed by atoms with Crippen LogP contribution in [-0.2, 0) is 4.74 Å². The number of thiophene rings is 1. The van der Waals surface area contributed by atoms with Gasteiger partial charge in [-0.2, -0.15) is 0 Å². The Bertz CT molecular complexity index is 741. The molecule has 0 aliphatic carbocycles. The van der Waals surface area contributed by atoms with Crippen molar-refractivity contribution in [2.24, 2.45) is 0 Å². The monoisotopic (exact) mass is 367 g/mol. The predicted octanol–water partition coefficient (Wildman–Crippen LogP) is 4.76. The number of carbonyl (C=O) groups excluding carboxylic acids is 1. The number of hydrogen-bond acceptors (Lipinski definition) is 5. The van der Waals surface area contributed by atoms with Crippen molar-refractivity contribution in [1.82, 2.24) is 9.88 Å². The lowest BCUT2D eigenvalue weighted by Crippen LogP contribution is -2.47. The van der Waals surface area contributed by atoms with Gasteiger partial charge in [-0.25, -0.2) is 9.78 Å². The number of rotatable bonds is 2. The second kappa shape index (κ2) is 6.76. The van der Waals surface area contributed by atoms with Crippen molar-refractivity contribution in [3.8, 4) is 0 Å². The lowest BCUT2D eigenvalue weighted by Gasteiger charge is -2.34. The van der Waals surface area contributed by atoms with E-state index in [0.29, 0.717) is 6.54 Å². The number of likely N-dealkylation sites (tertiary alicyclic amines) is 1. The summed E-state index contributed by atoms with van der Waals surface area (Å²) in [6.45, 7) is 7.00. The minimum Gasteiger partial charge on any atom is -0.444 e. The van der Waals surface area contributed by atoms with Crippen molar-refractivity contribution in [3.63, 3.8) is 0 Å². The van der Waals surface area contributed by atoms with Crippen LogP contribution in [0.2, 0.25) is 5.02 Å². The SMILES string of the molecule is CC(C)(C)OC(=O)N1CCC[C@@H](Nc2nccc3c(Cl)csc23)C1. The number of hydrogen-bond donors (Lipinski definition) is 1. The van der Waals surface area contributed by atoms with Gasteiger partial charge in [-0.1, -0.05) is 11.6 Å². The number of fused-ring (bicyclic) bond motifs is 1. The fourth-order valence-corrected chi connectivity index (χ4v) is 4.04. The molecule has 1 aliphatic heterocycles. The molecule has 0 saturated carbocycles. The Balaban J connectivity index is 1.70. The van der Waals surface area contributed by atoms with E-state index in [4.69, 9.17) is 16.3 Å². The molecular weight excluding hydrogens is 346 g/mol. The molecule has 3 heterocycles. The van der Waals surface area contributed by atoms with Gasteiger partial charge < -0.3 is 15.0 Å². The maximum atomic E-state index is 12.3. The average Bonchev–Trinajstić information content (AvgIpc) is 2.89. The number of halogens is 1. The van der Waals surface area contributed by atoms with Crippen LogP contribution in [-0.4, -0.2) is 40.7 Å². The minimum absolute atomic E-state index is 0.158. The Labute approximate surface area is 151 Å². The third-order valence-corrected chi connectivity index (χ3v) is 5.30. The molecule has 7 heteroatoms. The molecule has 0 bridgehead atoms. The van der Waals surface area contributed by atoms with Crippen molar-refractivity contribution in [3.05, 3.63) is 22.7 Å². The molecule has 24 heavy (non-hydrogen) atoms. The van der Waals surface area contributed by atoms with Crippen molar-refractivity contribution in [2.45, 2.75) is 45.3 Å². The summed E-state index contributed by atoms with van der Waals surface area (Å²) in [6.07, 6.45) is 3.45. The van der Waals surface area contributed by atoms with Crippen LogP contribution >= 0.6 is 22.9 Å². The minimum atomic E-state index is -0.474. The number of aromatic nitrogens is 1. The van der Waals surface area contributed by atoms with Gasteiger partial charge in [-0.15, -0.1) is 11.3 Å². The Kier molecular flexibility index (Phi) is 4.88. The third kappa shape index (κ3) is 3.92. The zero-order valence-electron chi connectivity index (χ0n) is 14.1. The Morgan fingerprint density at radius 3 is 3.04 bits per heavy atom. The quantitative estimate of drug-likeness (QED) is 0.831. The molecule has 1 fully saturated rings. The molecular formula is C17H22ClN3O2S. The average molecular weight is 368 g/mol. The number of pyridine rings is 1. The molecule has 5 nitrogen and oxygen atoms in total. The Hall–Kier alpha value is -1.53. The fraction of sp³-hybridized carbons (Fsp3) is 0.529. The summed E-state index contributed by atoms with van der Waals surface area (Å²) < 4.78 is 6.53. The van der Waals surface area contributed by atoms with Crippen LogP contribution in [0.1, 0.15) is 33.6 Å². The van der Waals surface area contributed by atoms with Crippen LogP contribution in [0.5, 0.6) is 0 Å². The second-order valence-corrected chi connectivity index (χ2v) is 8.32. The number of nitrogens with one attached hydrogen (secondary N) is 1. The van der Waals surface area contributed by atoms with Crippen LogP contribution in [0.4, 0.5) is 10.6 Å². The zero-order valence-corrected chi connectivity index (χ0v) is 15.7. The first-order valence-corrected chi connectivity index (χ1v) is 9.35. The van der Waals surface area contributed by atoms with Gasteiger partial charge >= 0.3 is 6.09 Å². The predicted molar refractivity (Wildman–Crippen MR) is 99.1 cm³/mol. The van der Waals surface area contributed by atoms with Gasteiger partial charge in [0.1, 0.15) is 11.4 Å². The lowest BCUT2D eigenvalue weighted by atomic mass is 10.1. The highest BCUT2D eigenvalue weighted by Gasteiger charge is 2.28. The molecule has 1 N–H and O–H groups in total. The molecule has 1 saturated heterocycles. The summed E-state index contributed by atoms with van der Waals surface area (Å²) in [6, 6.07) is 2.08. The molecule has 0 radical (unpaired) electrons. The molecule has 1 aliphatic rings. The van der Waals surface area contributed by atoms with Gasteiger partial charge in [0.15, 0.2) is 0 Å². The molecule has 0 spiro atoms. The second-order valence-electron chi connectivity index (χ2n) is 7.03. The first-order valence-electron chi connectivity index (χ1n) is 8.09. The largest absolute Gasteiger partial charge is 0.444 e. The van der Waals surface area contributed by atoms with Crippen LogP contribution in [0.15, 0.2) is 17.6 Å². The fourth-order valence-electron chi connectivity index (χ4n) is 2.81. The van der Waals surface area contributed by atoms with Crippen LogP contribution < -0.4 is 5.32 Å². The molecule has 3 rings (SSSR count). The van der Waals surface area contributed by atoms with E-state index in [-0.39, 0.29) is 12.1 Å². The van der Waals surface area contributed by atoms with Gasteiger partial charge in [0.25, 0.3) is 0 Å². The van der Waals surface area contributed by atoms with E-state index in [1.165, 1.54) is 0 Å². The van der Waals surface area contributed by atoms with Gasteiger partial charge in [-0.3, -0.25) is 0 Å². The standard InChI is InChI=1S/C17H22ClN3O2S/c1-17(2,3)23-16(22)21-8-4-5-11(9-21)20-15-14-12(6-7-19-15)13(18)10-24-14/h6-7,10-11H,4-5,8-9H2,1-3H3,(H,19,20)/t11-/m1/s1. The van der Waals surface area contributed by atoms with Gasteiger partial charge in [-0.05, 0) is 39.7 Å². The summed E-state index contributed by atoms with van der Waals surface area (Å²) in [4.78, 5) is 18.5. The molecule has 1 amide bonds. The smallest absolute Gasteiger partial charge is 0.410 e. The molecule has 130 valence electrons. The van der Waals surface area contributed by atoms with Gasteiger partial charge in [0, 0.05) is 36.1 Å². The van der Waals surface area contributed by atoms with Crippen molar-refractivity contribution >= 4 is 44.9 Å². The van der Waals surface area contributed by atoms with E-state index in [1.54, 1.807) is 22.4 Å². The van der Waals surface area contributed by atoms with Gasteiger partial charge in [0.2, 0.25) is 0 Å². The lowest BCUT2D eigenvalue weighted by molar-refractivity contribution is 0.0206. The number of piperidine rings is 1. The zero-order chi connectivity index (χ0) is 17.3. The van der Waals surface area contributed by atoms with E-state index in [0.717, 1.165) is 40.3 Å². The van der Waals surface area contributed by atoms with E-state index in [2.05, 4.69) is 10.3 Å². The van der Waals surface area contributed by atoms with E-state index in [1.807, 2.05) is 32.2 Å². The van der Waals surface area contributed by atoms with E-state index < -0.39 is 5.60 Å². The molecule has 0 aromatic carbocycles. The van der Waals surface area contributed by atoms with Crippen molar-refractivity contribution < 1.29 is 9.53 Å². The topological polar surface area (TPSA) is 54.5 Å². The molecule has 2 aromatic heterocycles. The highest BCUT2D eigenvalue weighted by molar-refractivity contribution is 7.18. The summed E-state index contributed by atoms with van der Waals surface area (Å²) in [7, 11) is 0. The highest BCUT2D eigenvalue weighted by atomic mass is 35.5. The summed E-state index contributed by atoms with van der Waals surface area (Å²) in [5.74, 6) is 0.834. The normalized spacial score (nSPS) is 18.7. The first kappa shape index (κ1) is 17.3. The van der Waals surface area contributed by atoms with Crippen molar-refractivity contribution in [2.75, 3.05) is 18.4 Å². The van der Waals surface area contributed by atoms with E-state index >= 15 is 0 Å². The number of anilines is 1. The van der Waals surface area contributed by atoms with E-state index in [9.17, 15) is 4.79 Å².